The first-order valence-electron chi connectivity index (χ1n) is 6.63. The molecule has 0 spiro atoms. The van der Waals surface area contributed by atoms with Crippen LogP contribution in [0.15, 0.2) is 12.5 Å². The summed E-state index contributed by atoms with van der Waals surface area (Å²) in [7, 11) is 0. The Kier molecular flexibility index (Phi) is 3.46. The number of hydrogen-bond donors (Lipinski definition) is 4. The van der Waals surface area contributed by atoms with E-state index in [0.717, 1.165) is 0 Å². The lowest BCUT2D eigenvalue weighted by Crippen LogP contribution is -2.53. The van der Waals surface area contributed by atoms with E-state index in [2.05, 4.69) is 26.8 Å². The van der Waals surface area contributed by atoms with Crippen LogP contribution in [0.3, 0.4) is 0 Å². The average Bonchev–Trinajstić information content (AvgIpc) is 3.00. The summed E-state index contributed by atoms with van der Waals surface area (Å²) < 4.78 is 7.22. The third kappa shape index (κ3) is 2.01. The van der Waals surface area contributed by atoms with E-state index in [4.69, 9.17) is 16.2 Å². The van der Waals surface area contributed by atoms with Gasteiger partial charge in [-0.1, -0.05) is 5.92 Å². The Labute approximate surface area is 125 Å². The molecule has 0 bridgehead atoms. The molecule has 9 heteroatoms. The maximum atomic E-state index is 10.3. The number of rotatable bonds is 2. The lowest BCUT2D eigenvalue weighted by Gasteiger charge is -2.27. The van der Waals surface area contributed by atoms with E-state index in [-0.39, 0.29) is 12.6 Å². The summed E-state index contributed by atoms with van der Waals surface area (Å²) in [4.78, 5) is 12.1. The highest BCUT2D eigenvalue weighted by Gasteiger charge is 2.54. The van der Waals surface area contributed by atoms with Crippen molar-refractivity contribution in [3.63, 3.8) is 0 Å². The minimum Gasteiger partial charge on any atom is -0.394 e. The second kappa shape index (κ2) is 5.19. The molecule has 2 aromatic rings. The van der Waals surface area contributed by atoms with Crippen molar-refractivity contribution >= 4 is 17.1 Å². The topological polar surface area (TPSA) is 145 Å². The number of aliphatic hydroxyl groups excluding tert-OH is 2. The molecule has 0 radical (unpaired) electrons. The van der Waals surface area contributed by atoms with Gasteiger partial charge in [0.25, 0.3) is 0 Å². The molecule has 4 atom stereocenters. The average molecular weight is 304 g/mol. The Bertz CT molecular complexity index is 766. The smallest absolute Gasteiger partial charge is 0.222 e. The minimum absolute atomic E-state index is 0.0794. The summed E-state index contributed by atoms with van der Waals surface area (Å²) in [5, 5.41) is 19.7. The number of aromatic nitrogens is 4. The van der Waals surface area contributed by atoms with Crippen LogP contribution in [0.1, 0.15) is 13.2 Å². The van der Waals surface area contributed by atoms with Crippen LogP contribution in [0.5, 0.6) is 0 Å². The molecule has 1 saturated heterocycles. The van der Waals surface area contributed by atoms with Crippen molar-refractivity contribution in [1.82, 2.24) is 19.5 Å². The molecule has 0 amide bonds. The molecule has 22 heavy (non-hydrogen) atoms. The van der Waals surface area contributed by atoms with E-state index in [0.29, 0.717) is 11.2 Å². The molecule has 2 aromatic heterocycles. The molecule has 3 heterocycles. The maximum absolute atomic E-state index is 10.3. The van der Waals surface area contributed by atoms with Crippen molar-refractivity contribution in [3.8, 4) is 11.8 Å². The molecule has 0 aliphatic carbocycles. The fraction of sp³-hybridized carbons (Fsp3) is 0.462. The number of anilines is 1. The van der Waals surface area contributed by atoms with E-state index in [1.807, 2.05) is 0 Å². The largest absolute Gasteiger partial charge is 0.394 e. The number of nitrogens with two attached hydrogens (primary N) is 2. The molecule has 9 nitrogen and oxygen atoms in total. The van der Waals surface area contributed by atoms with Crippen LogP contribution in [0, 0.1) is 11.8 Å². The fourth-order valence-corrected chi connectivity index (χ4v) is 2.61. The highest BCUT2D eigenvalue weighted by Crippen LogP contribution is 2.37. The second-order valence-electron chi connectivity index (χ2n) is 5.05. The maximum Gasteiger partial charge on any atom is 0.222 e. The Morgan fingerprint density at radius 1 is 1.50 bits per heavy atom. The van der Waals surface area contributed by atoms with Gasteiger partial charge in [-0.05, 0) is 6.92 Å². The fourth-order valence-electron chi connectivity index (χ4n) is 2.61. The number of nitrogen functional groups attached to an aromatic ring is 1. The zero-order valence-corrected chi connectivity index (χ0v) is 11.8. The Morgan fingerprint density at radius 3 is 2.95 bits per heavy atom. The second-order valence-corrected chi connectivity index (χ2v) is 5.05. The molecule has 1 fully saturated rings. The van der Waals surface area contributed by atoms with Gasteiger partial charge in [0.2, 0.25) is 5.95 Å². The number of ether oxygens (including phenoxy) is 1. The SMILES string of the molecule is CC#C[C@@]1(N)C(O)[C@@H](CO)O[C@H]1n1cnc2cnc(N)nc21. The quantitative estimate of drug-likeness (QED) is 0.484. The highest BCUT2D eigenvalue weighted by atomic mass is 16.5. The zero-order chi connectivity index (χ0) is 15.9. The van der Waals surface area contributed by atoms with Gasteiger partial charge in [-0.2, -0.15) is 4.98 Å². The van der Waals surface area contributed by atoms with Gasteiger partial charge in [-0.25, -0.2) is 9.97 Å². The zero-order valence-electron chi connectivity index (χ0n) is 11.8. The first kappa shape index (κ1) is 14.7. The van der Waals surface area contributed by atoms with Crippen LogP contribution in [0.25, 0.3) is 11.2 Å². The molecule has 6 N–H and O–H groups in total. The van der Waals surface area contributed by atoms with Gasteiger partial charge in [0.1, 0.15) is 17.7 Å². The van der Waals surface area contributed by atoms with Crippen LogP contribution >= 0.6 is 0 Å². The number of imidazole rings is 1. The van der Waals surface area contributed by atoms with Gasteiger partial charge in [0.15, 0.2) is 17.4 Å². The van der Waals surface area contributed by atoms with Crippen LogP contribution in [-0.4, -0.2) is 54.1 Å². The number of nitrogens with zero attached hydrogens (tertiary/aromatic N) is 4. The van der Waals surface area contributed by atoms with Crippen LogP contribution in [0.2, 0.25) is 0 Å². The molecular formula is C13H16N6O3. The summed E-state index contributed by atoms with van der Waals surface area (Å²) in [6, 6.07) is 0. The van der Waals surface area contributed by atoms with E-state index < -0.39 is 24.0 Å². The van der Waals surface area contributed by atoms with Crippen LogP contribution in [-0.2, 0) is 4.74 Å². The molecule has 0 saturated carbocycles. The summed E-state index contributed by atoms with van der Waals surface area (Å²) in [6.45, 7) is 1.22. The number of aliphatic hydroxyl groups is 2. The van der Waals surface area contributed by atoms with Gasteiger partial charge in [-0.3, -0.25) is 4.57 Å². The Morgan fingerprint density at radius 2 is 2.27 bits per heavy atom. The lowest BCUT2D eigenvalue weighted by atomic mass is 9.91. The van der Waals surface area contributed by atoms with Crippen molar-refractivity contribution in [1.29, 1.82) is 0 Å². The lowest BCUT2D eigenvalue weighted by molar-refractivity contribution is -0.0447. The van der Waals surface area contributed by atoms with Crippen molar-refractivity contribution in [2.45, 2.75) is 30.9 Å². The summed E-state index contributed by atoms with van der Waals surface area (Å²) in [6.07, 6.45) is 0.0623. The number of fused-ring (bicyclic) bond motifs is 1. The monoisotopic (exact) mass is 304 g/mol. The van der Waals surface area contributed by atoms with Crippen LogP contribution < -0.4 is 11.5 Å². The van der Waals surface area contributed by atoms with Crippen molar-refractivity contribution < 1.29 is 14.9 Å². The highest BCUT2D eigenvalue weighted by molar-refractivity contribution is 5.70. The minimum atomic E-state index is -1.41. The van der Waals surface area contributed by atoms with E-state index >= 15 is 0 Å². The molecule has 1 aliphatic rings. The van der Waals surface area contributed by atoms with E-state index in [1.54, 1.807) is 6.92 Å². The van der Waals surface area contributed by atoms with Crippen molar-refractivity contribution in [3.05, 3.63) is 12.5 Å². The normalized spacial score (nSPS) is 31.2. The van der Waals surface area contributed by atoms with Crippen LogP contribution in [0.4, 0.5) is 5.95 Å². The van der Waals surface area contributed by atoms with E-state index in [9.17, 15) is 10.2 Å². The molecular weight excluding hydrogens is 288 g/mol. The third-order valence-corrected chi connectivity index (χ3v) is 3.66. The van der Waals surface area contributed by atoms with Gasteiger partial charge in [0, 0.05) is 0 Å². The molecule has 3 rings (SSSR count). The molecule has 1 unspecified atom stereocenters. The Balaban J connectivity index is 2.14. The summed E-state index contributed by atoms with van der Waals surface area (Å²) >= 11 is 0. The van der Waals surface area contributed by atoms with E-state index in [1.165, 1.54) is 17.1 Å². The molecule has 116 valence electrons. The third-order valence-electron chi connectivity index (χ3n) is 3.66. The van der Waals surface area contributed by atoms with Gasteiger partial charge in [0.05, 0.1) is 19.1 Å². The Hall–Kier alpha value is -2.25. The van der Waals surface area contributed by atoms with Crippen molar-refractivity contribution in [2.75, 3.05) is 12.3 Å². The van der Waals surface area contributed by atoms with Gasteiger partial charge in [-0.15, -0.1) is 5.92 Å². The predicted molar refractivity (Wildman–Crippen MR) is 77.1 cm³/mol. The van der Waals surface area contributed by atoms with Gasteiger partial charge >= 0.3 is 0 Å². The standard InChI is InChI=1S/C13H16N6O3/c1-2-3-13(15)9(21)8(5-20)22-11(13)19-6-17-7-4-16-12(14)18-10(7)19/h4,6,8-9,11,20-21H,5,15H2,1H3,(H2,14,16,18)/t8-,9?,11-,13-/m1/s1. The first-order valence-corrected chi connectivity index (χ1v) is 6.63. The first-order chi connectivity index (χ1) is 10.5. The van der Waals surface area contributed by atoms with Crippen molar-refractivity contribution in [2.24, 2.45) is 5.73 Å². The summed E-state index contributed by atoms with van der Waals surface area (Å²) in [5.41, 5.74) is 11.4. The molecule has 1 aliphatic heterocycles. The predicted octanol–water partition coefficient (Wildman–Crippen LogP) is -1.62. The van der Waals surface area contributed by atoms with Gasteiger partial charge < -0.3 is 26.4 Å². The molecule has 0 aromatic carbocycles. The summed E-state index contributed by atoms with van der Waals surface area (Å²) in [5.74, 6) is 5.54. The number of hydrogen-bond acceptors (Lipinski definition) is 8.